The molecule has 120 valence electrons. The van der Waals surface area contributed by atoms with Gasteiger partial charge in [0.25, 0.3) is 0 Å². The Labute approximate surface area is 129 Å². The first-order valence-corrected chi connectivity index (χ1v) is 7.92. The largest absolute Gasteiger partial charge is 0.340 e. The first kappa shape index (κ1) is 15.0. The fourth-order valence-electron chi connectivity index (χ4n) is 3.47. The van der Waals surface area contributed by atoms with Gasteiger partial charge in [0.2, 0.25) is 17.7 Å². The standard InChI is InChI=1S/C15H22N4O3/c1-10-16-14(22-17-10)12-5-3-7-18(9-12)15(21)13-6-4-8-19(13)11(2)20/h12-13H,3-9H2,1-2H3/t12-,13+/m1/s1. The molecule has 0 unspecified atom stereocenters. The van der Waals surface area contributed by atoms with E-state index in [2.05, 4.69) is 10.1 Å². The number of aromatic nitrogens is 2. The Bertz CT molecular complexity index is 571. The van der Waals surface area contributed by atoms with E-state index >= 15 is 0 Å². The maximum absolute atomic E-state index is 12.8. The van der Waals surface area contributed by atoms with E-state index in [1.807, 2.05) is 4.90 Å². The van der Waals surface area contributed by atoms with Crippen LogP contribution in [0.15, 0.2) is 4.52 Å². The summed E-state index contributed by atoms with van der Waals surface area (Å²) < 4.78 is 5.25. The van der Waals surface area contributed by atoms with E-state index in [1.165, 1.54) is 6.92 Å². The summed E-state index contributed by atoms with van der Waals surface area (Å²) in [5.41, 5.74) is 0. The molecule has 7 nitrogen and oxygen atoms in total. The van der Waals surface area contributed by atoms with Gasteiger partial charge in [-0.15, -0.1) is 0 Å². The Morgan fingerprint density at radius 2 is 2.00 bits per heavy atom. The van der Waals surface area contributed by atoms with Crippen LogP contribution in [0.25, 0.3) is 0 Å². The fourth-order valence-corrected chi connectivity index (χ4v) is 3.47. The highest BCUT2D eigenvalue weighted by atomic mass is 16.5. The summed E-state index contributed by atoms with van der Waals surface area (Å²) in [6.45, 7) is 5.35. The molecule has 0 bridgehead atoms. The van der Waals surface area contributed by atoms with E-state index in [0.29, 0.717) is 24.8 Å². The number of piperidine rings is 1. The molecule has 2 atom stereocenters. The molecule has 2 aliphatic rings. The topological polar surface area (TPSA) is 79.5 Å². The van der Waals surface area contributed by atoms with Gasteiger partial charge in [-0.1, -0.05) is 5.16 Å². The van der Waals surface area contributed by atoms with Crippen LogP contribution in [0.3, 0.4) is 0 Å². The Kier molecular flexibility index (Phi) is 4.13. The van der Waals surface area contributed by atoms with Crippen LogP contribution in [0.5, 0.6) is 0 Å². The van der Waals surface area contributed by atoms with Gasteiger partial charge < -0.3 is 14.3 Å². The summed E-state index contributed by atoms with van der Waals surface area (Å²) in [5, 5.41) is 3.83. The molecule has 2 amide bonds. The molecule has 0 radical (unpaired) electrons. The minimum Gasteiger partial charge on any atom is -0.340 e. The second kappa shape index (κ2) is 6.06. The Balaban J connectivity index is 1.69. The van der Waals surface area contributed by atoms with Crippen LogP contribution >= 0.6 is 0 Å². The molecular formula is C15H22N4O3. The minimum absolute atomic E-state index is 0.0167. The van der Waals surface area contributed by atoms with Gasteiger partial charge in [-0.05, 0) is 32.6 Å². The maximum atomic E-state index is 12.8. The Hall–Kier alpha value is -1.92. The third-order valence-corrected chi connectivity index (χ3v) is 4.57. The third kappa shape index (κ3) is 2.84. The molecule has 7 heteroatoms. The molecular weight excluding hydrogens is 284 g/mol. The summed E-state index contributed by atoms with van der Waals surface area (Å²) in [4.78, 5) is 32.3. The van der Waals surface area contributed by atoms with Gasteiger partial charge >= 0.3 is 0 Å². The van der Waals surface area contributed by atoms with E-state index in [0.717, 1.165) is 32.2 Å². The number of rotatable bonds is 2. The highest BCUT2D eigenvalue weighted by molar-refractivity contribution is 5.87. The first-order valence-electron chi connectivity index (χ1n) is 7.92. The normalized spacial score (nSPS) is 25.5. The Morgan fingerprint density at radius 3 is 2.68 bits per heavy atom. The van der Waals surface area contributed by atoms with Crippen LogP contribution in [0.1, 0.15) is 50.2 Å². The average molecular weight is 306 g/mol. The van der Waals surface area contributed by atoms with Gasteiger partial charge in [-0.25, -0.2) is 0 Å². The van der Waals surface area contributed by atoms with Crippen LogP contribution in [-0.4, -0.2) is 57.4 Å². The zero-order valence-corrected chi connectivity index (χ0v) is 13.1. The number of hydrogen-bond donors (Lipinski definition) is 0. The van der Waals surface area contributed by atoms with Crippen molar-refractivity contribution in [1.29, 1.82) is 0 Å². The van der Waals surface area contributed by atoms with Gasteiger partial charge in [-0.3, -0.25) is 9.59 Å². The number of amides is 2. The molecule has 1 aromatic heterocycles. The summed E-state index contributed by atoms with van der Waals surface area (Å²) in [6.07, 6.45) is 3.53. The van der Waals surface area contributed by atoms with Gasteiger partial charge in [0.1, 0.15) is 6.04 Å². The lowest BCUT2D eigenvalue weighted by Gasteiger charge is -2.34. The number of carbonyl (C=O) groups is 2. The SMILES string of the molecule is CC(=O)N1CCC[C@H]1C(=O)N1CCC[C@@H](c2nc(C)no2)C1. The van der Waals surface area contributed by atoms with Crippen molar-refractivity contribution >= 4 is 11.8 Å². The monoisotopic (exact) mass is 306 g/mol. The molecule has 3 rings (SSSR count). The molecule has 1 aromatic rings. The molecule has 0 spiro atoms. The van der Waals surface area contributed by atoms with Gasteiger partial charge in [0.05, 0.1) is 5.92 Å². The number of nitrogens with zero attached hydrogens (tertiary/aromatic N) is 4. The van der Waals surface area contributed by atoms with Gasteiger partial charge in [-0.2, -0.15) is 4.98 Å². The molecule has 0 aliphatic carbocycles. The van der Waals surface area contributed by atoms with Crippen molar-refractivity contribution in [2.24, 2.45) is 0 Å². The summed E-state index contributed by atoms with van der Waals surface area (Å²) in [7, 11) is 0. The van der Waals surface area contributed by atoms with Crippen molar-refractivity contribution in [2.75, 3.05) is 19.6 Å². The van der Waals surface area contributed by atoms with Crippen molar-refractivity contribution in [3.05, 3.63) is 11.7 Å². The van der Waals surface area contributed by atoms with Crippen LogP contribution in [0.4, 0.5) is 0 Å². The lowest BCUT2D eigenvalue weighted by molar-refractivity contribution is -0.143. The molecule has 0 aromatic carbocycles. The molecule has 2 saturated heterocycles. The first-order chi connectivity index (χ1) is 10.6. The summed E-state index contributed by atoms with van der Waals surface area (Å²) >= 11 is 0. The number of aryl methyl sites for hydroxylation is 1. The molecule has 22 heavy (non-hydrogen) atoms. The van der Waals surface area contributed by atoms with E-state index in [4.69, 9.17) is 4.52 Å². The zero-order valence-electron chi connectivity index (χ0n) is 13.1. The van der Waals surface area contributed by atoms with Crippen molar-refractivity contribution in [3.63, 3.8) is 0 Å². The van der Waals surface area contributed by atoms with Crippen molar-refractivity contribution in [1.82, 2.24) is 19.9 Å². The van der Waals surface area contributed by atoms with Gasteiger partial charge in [0.15, 0.2) is 5.82 Å². The van der Waals surface area contributed by atoms with Crippen LogP contribution < -0.4 is 0 Å². The van der Waals surface area contributed by atoms with Crippen LogP contribution in [0.2, 0.25) is 0 Å². The predicted molar refractivity (Wildman–Crippen MR) is 78.0 cm³/mol. The fraction of sp³-hybridized carbons (Fsp3) is 0.733. The van der Waals surface area contributed by atoms with E-state index in [9.17, 15) is 9.59 Å². The second-order valence-corrected chi connectivity index (χ2v) is 6.17. The second-order valence-electron chi connectivity index (χ2n) is 6.17. The van der Waals surface area contributed by atoms with Crippen molar-refractivity contribution in [2.45, 2.75) is 51.5 Å². The molecule has 0 saturated carbocycles. The Morgan fingerprint density at radius 1 is 1.23 bits per heavy atom. The van der Waals surface area contributed by atoms with Crippen molar-refractivity contribution < 1.29 is 14.1 Å². The molecule has 2 fully saturated rings. The highest BCUT2D eigenvalue weighted by Gasteiger charge is 2.37. The lowest BCUT2D eigenvalue weighted by Crippen LogP contribution is -2.49. The maximum Gasteiger partial charge on any atom is 0.245 e. The third-order valence-electron chi connectivity index (χ3n) is 4.57. The van der Waals surface area contributed by atoms with Crippen LogP contribution in [-0.2, 0) is 9.59 Å². The van der Waals surface area contributed by atoms with Gasteiger partial charge in [0, 0.05) is 26.6 Å². The smallest absolute Gasteiger partial charge is 0.245 e. The summed E-state index contributed by atoms with van der Waals surface area (Å²) in [6, 6.07) is -0.291. The predicted octanol–water partition coefficient (Wildman–Crippen LogP) is 1.09. The highest BCUT2D eigenvalue weighted by Crippen LogP contribution is 2.28. The van der Waals surface area contributed by atoms with E-state index in [1.54, 1.807) is 11.8 Å². The number of likely N-dealkylation sites (tertiary alicyclic amines) is 2. The lowest BCUT2D eigenvalue weighted by atomic mass is 9.97. The summed E-state index contributed by atoms with van der Waals surface area (Å²) in [5.74, 6) is 1.39. The van der Waals surface area contributed by atoms with E-state index < -0.39 is 0 Å². The molecule has 2 aliphatic heterocycles. The van der Waals surface area contributed by atoms with E-state index in [-0.39, 0.29) is 23.8 Å². The average Bonchev–Trinajstić information content (AvgIpc) is 3.15. The minimum atomic E-state index is -0.291. The molecule has 3 heterocycles. The number of carbonyl (C=O) groups excluding carboxylic acids is 2. The number of hydrogen-bond acceptors (Lipinski definition) is 5. The van der Waals surface area contributed by atoms with Crippen LogP contribution in [0, 0.1) is 6.92 Å². The quantitative estimate of drug-likeness (QED) is 0.817. The zero-order chi connectivity index (χ0) is 15.7. The molecule has 0 N–H and O–H groups in total. The van der Waals surface area contributed by atoms with Crippen molar-refractivity contribution in [3.8, 4) is 0 Å².